The minimum Gasteiger partial charge on any atom is -0.491 e. The first-order valence-electron chi connectivity index (χ1n) is 8.75. The van der Waals surface area contributed by atoms with Crippen LogP contribution in [0.4, 0.5) is 13.2 Å². The number of amides is 1. The van der Waals surface area contributed by atoms with E-state index in [1.165, 1.54) is 6.07 Å². The number of carbonyl (C=O) groups excluding carboxylic acids is 1. The zero-order valence-corrected chi connectivity index (χ0v) is 16.0. The van der Waals surface area contributed by atoms with Crippen molar-refractivity contribution in [3.8, 4) is 11.8 Å². The van der Waals surface area contributed by atoms with Gasteiger partial charge in [0, 0.05) is 12.6 Å². The van der Waals surface area contributed by atoms with E-state index in [4.69, 9.17) is 10.00 Å². The summed E-state index contributed by atoms with van der Waals surface area (Å²) in [7, 11) is 0. The van der Waals surface area contributed by atoms with Crippen molar-refractivity contribution < 1.29 is 22.7 Å². The lowest BCUT2D eigenvalue weighted by Crippen LogP contribution is -2.47. The smallest absolute Gasteiger partial charge is 0.416 e. The molecule has 0 bridgehead atoms. The van der Waals surface area contributed by atoms with E-state index in [2.05, 4.69) is 27.3 Å². The molecule has 0 unspecified atom stereocenters. The second-order valence-corrected chi connectivity index (χ2v) is 7.62. The molecule has 0 aromatic heterocycles. The normalized spacial score (nSPS) is 25.4. The van der Waals surface area contributed by atoms with Crippen LogP contribution in [0.3, 0.4) is 0 Å². The van der Waals surface area contributed by atoms with Gasteiger partial charge in [0.2, 0.25) is 5.91 Å². The van der Waals surface area contributed by atoms with Crippen LogP contribution in [-0.2, 0) is 11.0 Å². The first-order chi connectivity index (χ1) is 12.8. The van der Waals surface area contributed by atoms with E-state index in [1.807, 2.05) is 0 Å². The molecule has 0 spiro atoms. The number of nitrogens with zero attached hydrogens (tertiary/aromatic N) is 2. The van der Waals surface area contributed by atoms with Gasteiger partial charge >= 0.3 is 6.18 Å². The number of nitriles is 1. The van der Waals surface area contributed by atoms with Gasteiger partial charge in [-0.3, -0.25) is 10.1 Å². The maximum Gasteiger partial charge on any atom is 0.416 e. The number of nitrogens with one attached hydrogen (secondary N) is 1. The Kier molecular flexibility index (Phi) is 5.96. The van der Waals surface area contributed by atoms with Crippen molar-refractivity contribution in [2.24, 2.45) is 0 Å². The summed E-state index contributed by atoms with van der Waals surface area (Å²) in [6.07, 6.45) is -1.48. The zero-order valence-electron chi connectivity index (χ0n) is 14.4. The number of rotatable bonds is 4. The van der Waals surface area contributed by atoms with E-state index in [-0.39, 0.29) is 35.1 Å². The number of hydrogen-bond donors (Lipinski definition) is 1. The number of ether oxygens (including phenoxy) is 1. The maximum absolute atomic E-state index is 12.7. The predicted molar refractivity (Wildman–Crippen MR) is 94.9 cm³/mol. The third-order valence-corrected chi connectivity index (χ3v) is 5.54. The van der Waals surface area contributed by atoms with Crippen molar-refractivity contribution in [3.05, 3.63) is 28.2 Å². The van der Waals surface area contributed by atoms with E-state index in [0.717, 1.165) is 25.0 Å². The van der Waals surface area contributed by atoms with Crippen molar-refractivity contribution in [1.82, 2.24) is 10.2 Å². The summed E-state index contributed by atoms with van der Waals surface area (Å²) in [6.45, 7) is 0.852. The van der Waals surface area contributed by atoms with E-state index < -0.39 is 11.7 Å². The van der Waals surface area contributed by atoms with Crippen LogP contribution in [0.2, 0.25) is 0 Å². The second-order valence-electron chi connectivity index (χ2n) is 6.77. The van der Waals surface area contributed by atoms with Gasteiger partial charge in [0.25, 0.3) is 0 Å². The molecule has 2 aliphatic heterocycles. The molecule has 9 heteroatoms. The molecular weight excluding hydrogens is 427 g/mol. The number of carbonyl (C=O) groups is 1. The minimum absolute atomic E-state index is 0.0581. The van der Waals surface area contributed by atoms with Crippen molar-refractivity contribution in [1.29, 1.82) is 5.26 Å². The Morgan fingerprint density at radius 1 is 1.37 bits per heavy atom. The number of benzene rings is 1. The van der Waals surface area contributed by atoms with Crippen LogP contribution in [0.25, 0.3) is 0 Å². The van der Waals surface area contributed by atoms with Gasteiger partial charge in [-0.2, -0.15) is 18.4 Å². The molecule has 27 heavy (non-hydrogen) atoms. The lowest BCUT2D eigenvalue weighted by molar-refractivity contribution is -0.137. The molecule has 1 aromatic carbocycles. The highest BCUT2D eigenvalue weighted by molar-refractivity contribution is 9.10. The quantitative estimate of drug-likeness (QED) is 0.770. The van der Waals surface area contributed by atoms with Crippen LogP contribution in [0, 0.1) is 11.3 Å². The maximum atomic E-state index is 12.7. The van der Waals surface area contributed by atoms with Gasteiger partial charge in [0.05, 0.1) is 22.1 Å². The third-order valence-electron chi connectivity index (χ3n) is 4.92. The fourth-order valence-corrected chi connectivity index (χ4v) is 3.99. The van der Waals surface area contributed by atoms with E-state index >= 15 is 0 Å². The van der Waals surface area contributed by atoms with Crippen LogP contribution < -0.4 is 10.1 Å². The molecule has 0 saturated carbocycles. The van der Waals surface area contributed by atoms with E-state index in [1.54, 1.807) is 4.90 Å². The summed E-state index contributed by atoms with van der Waals surface area (Å²) in [4.78, 5) is 14.2. The molecule has 2 aliphatic rings. The van der Waals surface area contributed by atoms with Crippen molar-refractivity contribution in [3.63, 3.8) is 0 Å². The SMILES string of the molecule is N#C[C@@H]1CCCN1C(=O)[C@@H]1CC[C@H](COc2ccc(C(F)(F)F)cc2Br)N1. The van der Waals surface area contributed by atoms with Crippen LogP contribution in [0.15, 0.2) is 22.7 Å². The molecule has 2 heterocycles. The number of hydrogen-bond acceptors (Lipinski definition) is 4. The Bertz CT molecular complexity index is 750. The monoisotopic (exact) mass is 445 g/mol. The molecule has 2 fully saturated rings. The first-order valence-corrected chi connectivity index (χ1v) is 9.54. The average Bonchev–Trinajstić information content (AvgIpc) is 3.28. The summed E-state index contributed by atoms with van der Waals surface area (Å²) >= 11 is 3.11. The molecule has 1 N–H and O–H groups in total. The Labute approximate surface area is 163 Å². The van der Waals surface area contributed by atoms with E-state index in [0.29, 0.717) is 25.1 Å². The highest BCUT2D eigenvalue weighted by Crippen LogP contribution is 2.35. The van der Waals surface area contributed by atoms with Gasteiger partial charge in [-0.15, -0.1) is 0 Å². The minimum atomic E-state index is -4.40. The molecule has 5 nitrogen and oxygen atoms in total. The van der Waals surface area contributed by atoms with E-state index in [9.17, 15) is 18.0 Å². The van der Waals surface area contributed by atoms with Gasteiger partial charge in [0.15, 0.2) is 0 Å². The summed E-state index contributed by atoms with van der Waals surface area (Å²) in [5.74, 6) is 0.265. The van der Waals surface area contributed by atoms with Gasteiger partial charge in [-0.05, 0) is 59.8 Å². The second kappa shape index (κ2) is 8.07. The predicted octanol–water partition coefficient (Wildman–Crippen LogP) is 3.48. The average molecular weight is 446 g/mol. The Balaban J connectivity index is 1.53. The van der Waals surface area contributed by atoms with Gasteiger partial charge in [0.1, 0.15) is 18.4 Å². The molecule has 1 aromatic rings. The fourth-order valence-electron chi connectivity index (χ4n) is 3.49. The van der Waals surface area contributed by atoms with Gasteiger partial charge in [-0.1, -0.05) is 0 Å². The molecule has 0 radical (unpaired) electrons. The van der Waals surface area contributed by atoms with Crippen molar-refractivity contribution in [2.75, 3.05) is 13.2 Å². The fraction of sp³-hybridized carbons (Fsp3) is 0.556. The third kappa shape index (κ3) is 4.55. The number of alkyl halides is 3. The first kappa shape index (κ1) is 20.0. The number of halogens is 4. The van der Waals surface area contributed by atoms with Crippen LogP contribution in [-0.4, -0.2) is 42.1 Å². The highest BCUT2D eigenvalue weighted by Gasteiger charge is 2.37. The lowest BCUT2D eigenvalue weighted by Gasteiger charge is -2.24. The Morgan fingerprint density at radius 2 is 2.15 bits per heavy atom. The van der Waals surface area contributed by atoms with Crippen molar-refractivity contribution in [2.45, 2.75) is 50.0 Å². The molecule has 2 saturated heterocycles. The molecule has 3 atom stereocenters. The standard InChI is InChI=1S/C18H19BrF3N3O2/c19-14-8-11(18(20,21)22)3-6-16(14)27-10-12-4-5-15(24-12)17(26)25-7-1-2-13(25)9-23/h3,6,8,12-13,15,24H,1-2,4-5,7,10H2/t12-,13+,15+/m1/s1. The summed E-state index contributed by atoms with van der Waals surface area (Å²) in [5.41, 5.74) is -0.746. The molecule has 0 aliphatic carbocycles. The van der Waals surface area contributed by atoms with Gasteiger partial charge in [-0.25, -0.2) is 0 Å². The van der Waals surface area contributed by atoms with Crippen LogP contribution in [0.5, 0.6) is 5.75 Å². The highest BCUT2D eigenvalue weighted by atomic mass is 79.9. The molecule has 1 amide bonds. The zero-order chi connectivity index (χ0) is 19.6. The van der Waals surface area contributed by atoms with Gasteiger partial charge < -0.3 is 9.64 Å². The summed E-state index contributed by atoms with van der Waals surface area (Å²) in [6, 6.07) is 4.64. The van der Waals surface area contributed by atoms with Crippen LogP contribution >= 0.6 is 15.9 Å². The topological polar surface area (TPSA) is 65.4 Å². The Morgan fingerprint density at radius 3 is 2.81 bits per heavy atom. The van der Waals surface area contributed by atoms with Crippen LogP contribution in [0.1, 0.15) is 31.2 Å². The largest absolute Gasteiger partial charge is 0.491 e. The summed E-state index contributed by atoms with van der Waals surface area (Å²) < 4.78 is 44.0. The molecule has 3 rings (SSSR count). The lowest BCUT2D eigenvalue weighted by atomic mass is 10.1. The molecular formula is C18H19BrF3N3O2. The number of likely N-dealkylation sites (tertiary alicyclic amines) is 1. The van der Waals surface area contributed by atoms with Crippen molar-refractivity contribution >= 4 is 21.8 Å². The summed E-state index contributed by atoms with van der Waals surface area (Å²) in [5, 5.41) is 12.3. The molecule has 146 valence electrons. The Hall–Kier alpha value is -1.79.